The van der Waals surface area contributed by atoms with E-state index >= 15 is 0 Å². The Hall–Kier alpha value is -1.40. The van der Waals surface area contributed by atoms with E-state index in [1.807, 2.05) is 5.38 Å². The van der Waals surface area contributed by atoms with E-state index in [1.54, 1.807) is 35.6 Å². The van der Waals surface area contributed by atoms with Gasteiger partial charge in [0.05, 0.1) is 10.6 Å². The maximum atomic E-state index is 11.4. The maximum absolute atomic E-state index is 11.4. The molecule has 0 spiro atoms. The Morgan fingerprint density at radius 2 is 1.90 bits per heavy atom. The van der Waals surface area contributed by atoms with Gasteiger partial charge in [-0.15, -0.1) is 11.3 Å². The van der Waals surface area contributed by atoms with Crippen LogP contribution in [0.2, 0.25) is 0 Å². The summed E-state index contributed by atoms with van der Waals surface area (Å²) in [6.45, 7) is 5.18. The lowest BCUT2D eigenvalue weighted by Gasteiger charge is -2.04. The molecule has 0 aliphatic heterocycles. The molecule has 0 fully saturated rings. The highest BCUT2D eigenvalue weighted by Crippen LogP contribution is 2.26. The molecule has 1 N–H and O–H groups in total. The highest BCUT2D eigenvalue weighted by molar-refractivity contribution is 7.90. The predicted molar refractivity (Wildman–Crippen MR) is 84.0 cm³/mol. The molecule has 0 amide bonds. The molecule has 1 aromatic carbocycles. The lowest BCUT2D eigenvalue weighted by Crippen LogP contribution is -2.07. The Morgan fingerprint density at radius 3 is 2.45 bits per heavy atom. The average molecular weight is 310 g/mol. The van der Waals surface area contributed by atoms with Gasteiger partial charge in [0.1, 0.15) is 0 Å². The van der Waals surface area contributed by atoms with E-state index in [-0.39, 0.29) is 0 Å². The molecule has 0 atom stereocenters. The van der Waals surface area contributed by atoms with Crippen molar-refractivity contribution in [3.63, 3.8) is 0 Å². The van der Waals surface area contributed by atoms with Crippen LogP contribution in [0.25, 0.3) is 11.3 Å². The molecule has 0 aliphatic rings. The lowest BCUT2D eigenvalue weighted by atomic mass is 10.2. The molecule has 0 radical (unpaired) electrons. The van der Waals surface area contributed by atoms with Gasteiger partial charge in [-0.3, -0.25) is 0 Å². The van der Waals surface area contributed by atoms with Gasteiger partial charge in [-0.25, -0.2) is 13.4 Å². The van der Waals surface area contributed by atoms with Crippen molar-refractivity contribution in [2.75, 3.05) is 18.1 Å². The number of thiazole rings is 1. The van der Waals surface area contributed by atoms with E-state index in [9.17, 15) is 8.42 Å². The standard InChI is InChI=1S/C14H18N2O2S2/c1-10(2)8-15-14-16-13(9-19-14)11-4-6-12(7-5-11)20(3,17)18/h4-7,9-10H,8H2,1-3H3,(H,15,16). The molecule has 0 bridgehead atoms. The molecule has 0 aliphatic carbocycles. The van der Waals surface area contributed by atoms with Gasteiger partial charge in [-0.2, -0.15) is 0 Å². The molecular formula is C14H18N2O2S2. The molecule has 2 rings (SSSR count). The topological polar surface area (TPSA) is 59.1 Å². The first kappa shape index (κ1) is 15.0. The minimum atomic E-state index is -3.14. The summed E-state index contributed by atoms with van der Waals surface area (Å²) in [5.74, 6) is 0.566. The smallest absolute Gasteiger partial charge is 0.183 e. The first-order valence-electron chi connectivity index (χ1n) is 6.36. The first-order chi connectivity index (χ1) is 9.36. The third-order valence-corrected chi connectivity index (χ3v) is 4.67. The second kappa shape index (κ2) is 5.93. The molecule has 6 heteroatoms. The minimum Gasteiger partial charge on any atom is -0.361 e. The molecule has 0 saturated carbocycles. The SMILES string of the molecule is CC(C)CNc1nc(-c2ccc(S(C)(=O)=O)cc2)cs1. The Balaban J connectivity index is 2.16. The second-order valence-corrected chi connectivity index (χ2v) is 7.98. The monoisotopic (exact) mass is 310 g/mol. The number of hydrogen-bond donors (Lipinski definition) is 1. The van der Waals surface area contributed by atoms with Crippen LogP contribution in [-0.2, 0) is 9.84 Å². The van der Waals surface area contributed by atoms with Crippen LogP contribution in [0.15, 0.2) is 34.5 Å². The van der Waals surface area contributed by atoms with Crippen LogP contribution >= 0.6 is 11.3 Å². The second-order valence-electron chi connectivity index (χ2n) is 5.11. The molecule has 108 valence electrons. The van der Waals surface area contributed by atoms with E-state index < -0.39 is 9.84 Å². The molecule has 1 aromatic heterocycles. The van der Waals surface area contributed by atoms with Crippen molar-refractivity contribution >= 4 is 26.3 Å². The third-order valence-electron chi connectivity index (χ3n) is 2.74. The maximum Gasteiger partial charge on any atom is 0.183 e. The Kier molecular flexibility index (Phi) is 4.45. The normalized spacial score (nSPS) is 11.8. The van der Waals surface area contributed by atoms with Gasteiger partial charge in [0, 0.05) is 23.7 Å². The summed E-state index contributed by atoms with van der Waals surface area (Å²) in [6, 6.07) is 6.81. The number of sulfone groups is 1. The van der Waals surface area contributed by atoms with Crippen LogP contribution in [0.3, 0.4) is 0 Å². The zero-order valence-corrected chi connectivity index (χ0v) is 13.4. The fraction of sp³-hybridized carbons (Fsp3) is 0.357. The summed E-state index contributed by atoms with van der Waals surface area (Å²) in [4.78, 5) is 4.83. The fourth-order valence-electron chi connectivity index (χ4n) is 1.65. The highest BCUT2D eigenvalue weighted by atomic mass is 32.2. The Bertz CT molecular complexity index is 673. The van der Waals surface area contributed by atoms with Crippen LogP contribution in [0, 0.1) is 5.92 Å². The van der Waals surface area contributed by atoms with Crippen LogP contribution < -0.4 is 5.32 Å². The third kappa shape index (κ3) is 3.80. The number of benzene rings is 1. The molecule has 2 aromatic rings. The predicted octanol–water partition coefficient (Wildman–Crippen LogP) is 3.28. The molecular weight excluding hydrogens is 292 g/mol. The first-order valence-corrected chi connectivity index (χ1v) is 9.13. The van der Waals surface area contributed by atoms with E-state index in [4.69, 9.17) is 0 Å². The number of hydrogen-bond acceptors (Lipinski definition) is 5. The van der Waals surface area contributed by atoms with Crippen molar-refractivity contribution in [3.05, 3.63) is 29.6 Å². The van der Waals surface area contributed by atoms with Crippen LogP contribution in [0.4, 0.5) is 5.13 Å². The van der Waals surface area contributed by atoms with E-state index in [0.717, 1.165) is 22.9 Å². The van der Waals surface area contributed by atoms with Crippen molar-refractivity contribution in [3.8, 4) is 11.3 Å². The number of nitrogens with zero attached hydrogens (tertiary/aromatic N) is 1. The van der Waals surface area contributed by atoms with Crippen molar-refractivity contribution in [2.45, 2.75) is 18.7 Å². The summed E-state index contributed by atoms with van der Waals surface area (Å²) < 4.78 is 22.8. The average Bonchev–Trinajstić information content (AvgIpc) is 2.84. The Labute approximate surface area is 123 Å². The summed E-state index contributed by atoms with van der Waals surface area (Å²) in [5, 5.41) is 6.14. The molecule has 20 heavy (non-hydrogen) atoms. The van der Waals surface area contributed by atoms with Crippen LogP contribution in [-0.4, -0.2) is 26.2 Å². The Morgan fingerprint density at radius 1 is 1.25 bits per heavy atom. The lowest BCUT2D eigenvalue weighted by molar-refractivity contribution is 0.602. The molecule has 0 saturated heterocycles. The van der Waals surface area contributed by atoms with Crippen molar-refractivity contribution in [1.82, 2.24) is 4.98 Å². The van der Waals surface area contributed by atoms with E-state index in [1.165, 1.54) is 6.26 Å². The molecule has 1 heterocycles. The van der Waals surface area contributed by atoms with Crippen LogP contribution in [0.5, 0.6) is 0 Å². The van der Waals surface area contributed by atoms with Gasteiger partial charge in [-0.05, 0) is 18.1 Å². The van der Waals surface area contributed by atoms with Crippen molar-refractivity contribution in [2.24, 2.45) is 5.92 Å². The van der Waals surface area contributed by atoms with E-state index in [0.29, 0.717) is 10.8 Å². The quantitative estimate of drug-likeness (QED) is 0.920. The summed E-state index contributed by atoms with van der Waals surface area (Å²) in [7, 11) is -3.14. The van der Waals surface area contributed by atoms with Gasteiger partial charge in [0.2, 0.25) is 0 Å². The largest absolute Gasteiger partial charge is 0.361 e. The molecule has 0 unspecified atom stereocenters. The summed E-state index contributed by atoms with van der Waals surface area (Å²) >= 11 is 1.56. The summed E-state index contributed by atoms with van der Waals surface area (Å²) in [6.07, 6.45) is 1.21. The zero-order chi connectivity index (χ0) is 14.8. The number of rotatable bonds is 5. The van der Waals surface area contributed by atoms with Gasteiger partial charge in [0.25, 0.3) is 0 Å². The van der Waals surface area contributed by atoms with E-state index in [2.05, 4.69) is 24.1 Å². The zero-order valence-electron chi connectivity index (χ0n) is 11.8. The van der Waals surface area contributed by atoms with Gasteiger partial charge in [-0.1, -0.05) is 26.0 Å². The van der Waals surface area contributed by atoms with Gasteiger partial charge < -0.3 is 5.32 Å². The number of anilines is 1. The van der Waals surface area contributed by atoms with Gasteiger partial charge >= 0.3 is 0 Å². The number of aromatic nitrogens is 1. The molecule has 4 nitrogen and oxygen atoms in total. The van der Waals surface area contributed by atoms with Crippen LogP contribution in [0.1, 0.15) is 13.8 Å². The van der Waals surface area contributed by atoms with Crippen molar-refractivity contribution < 1.29 is 8.42 Å². The van der Waals surface area contributed by atoms with Crippen molar-refractivity contribution in [1.29, 1.82) is 0 Å². The fourth-order valence-corrected chi connectivity index (χ4v) is 3.01. The highest BCUT2D eigenvalue weighted by Gasteiger charge is 2.09. The number of nitrogens with one attached hydrogen (secondary N) is 1. The van der Waals surface area contributed by atoms with Gasteiger partial charge in [0.15, 0.2) is 15.0 Å². The summed E-state index contributed by atoms with van der Waals surface area (Å²) in [5.41, 5.74) is 1.78. The minimum absolute atomic E-state index is 0.328.